The van der Waals surface area contributed by atoms with Crippen molar-refractivity contribution in [3.8, 4) is 0 Å². The summed E-state index contributed by atoms with van der Waals surface area (Å²) >= 11 is 0. The molecule has 1 saturated carbocycles. The molecule has 0 aromatic rings. The van der Waals surface area contributed by atoms with E-state index in [1.807, 2.05) is 11.8 Å². The van der Waals surface area contributed by atoms with Gasteiger partial charge in [0.15, 0.2) is 0 Å². The lowest BCUT2D eigenvalue weighted by Gasteiger charge is -2.29. The molecule has 1 aliphatic carbocycles. The summed E-state index contributed by atoms with van der Waals surface area (Å²) in [5.74, 6) is 0.214. The minimum atomic E-state index is -0.0649. The van der Waals surface area contributed by atoms with E-state index in [9.17, 15) is 4.79 Å². The molecule has 1 saturated heterocycles. The Bertz CT molecular complexity index is 272. The standard InChI is InChI=1S/C12H22N2O2/c1-9(13-10-8-12(10,2)3)11(15)14-4-6-16-7-5-14/h9-10,13H,4-8H2,1-3H3. The van der Waals surface area contributed by atoms with Crippen molar-refractivity contribution in [1.82, 2.24) is 10.2 Å². The van der Waals surface area contributed by atoms with Gasteiger partial charge in [0.05, 0.1) is 19.3 Å². The lowest BCUT2D eigenvalue weighted by atomic mass is 10.1. The summed E-state index contributed by atoms with van der Waals surface area (Å²) in [6.07, 6.45) is 1.17. The maximum Gasteiger partial charge on any atom is 0.239 e. The number of hydrogen-bond acceptors (Lipinski definition) is 3. The van der Waals surface area contributed by atoms with Crippen LogP contribution in [0.1, 0.15) is 27.2 Å². The Morgan fingerprint density at radius 3 is 2.50 bits per heavy atom. The maximum absolute atomic E-state index is 12.1. The average Bonchev–Trinajstić information content (AvgIpc) is 2.86. The van der Waals surface area contributed by atoms with E-state index in [0.717, 1.165) is 13.1 Å². The number of hydrogen-bond donors (Lipinski definition) is 1. The third-order valence-electron chi connectivity index (χ3n) is 3.66. The normalized spacial score (nSPS) is 29.9. The zero-order chi connectivity index (χ0) is 11.8. The zero-order valence-corrected chi connectivity index (χ0v) is 10.5. The van der Waals surface area contributed by atoms with Gasteiger partial charge in [-0.2, -0.15) is 0 Å². The molecule has 2 atom stereocenters. The molecule has 1 heterocycles. The van der Waals surface area contributed by atoms with Gasteiger partial charge in [-0.25, -0.2) is 0 Å². The summed E-state index contributed by atoms with van der Waals surface area (Å²) in [5, 5.41) is 3.41. The van der Waals surface area contributed by atoms with E-state index in [0.29, 0.717) is 24.7 Å². The second-order valence-corrected chi connectivity index (χ2v) is 5.57. The summed E-state index contributed by atoms with van der Waals surface area (Å²) < 4.78 is 5.24. The number of nitrogens with zero attached hydrogens (tertiary/aromatic N) is 1. The van der Waals surface area contributed by atoms with E-state index in [4.69, 9.17) is 4.74 Å². The van der Waals surface area contributed by atoms with Crippen molar-refractivity contribution >= 4 is 5.91 Å². The van der Waals surface area contributed by atoms with Crippen LogP contribution in [0.4, 0.5) is 0 Å². The van der Waals surface area contributed by atoms with E-state index < -0.39 is 0 Å². The average molecular weight is 226 g/mol. The van der Waals surface area contributed by atoms with Crippen LogP contribution in [0.5, 0.6) is 0 Å². The number of nitrogens with one attached hydrogen (secondary N) is 1. The first-order valence-corrected chi connectivity index (χ1v) is 6.13. The summed E-state index contributed by atoms with van der Waals surface area (Å²) in [6, 6.07) is 0.442. The van der Waals surface area contributed by atoms with Gasteiger partial charge in [0, 0.05) is 19.1 Å². The van der Waals surface area contributed by atoms with E-state index in [1.54, 1.807) is 0 Å². The second kappa shape index (κ2) is 4.34. The highest BCUT2D eigenvalue weighted by Gasteiger charge is 2.46. The number of carbonyl (C=O) groups is 1. The highest BCUT2D eigenvalue weighted by molar-refractivity contribution is 5.81. The SMILES string of the molecule is CC(NC1CC1(C)C)C(=O)N1CCOCC1. The molecule has 1 aliphatic heterocycles. The largest absolute Gasteiger partial charge is 0.378 e. The molecule has 0 aromatic carbocycles. The van der Waals surface area contributed by atoms with Crippen molar-refractivity contribution in [2.45, 2.75) is 39.3 Å². The number of amides is 1. The van der Waals surface area contributed by atoms with Crippen LogP contribution >= 0.6 is 0 Å². The van der Waals surface area contributed by atoms with Crippen LogP contribution < -0.4 is 5.32 Å². The predicted molar refractivity (Wildman–Crippen MR) is 62.2 cm³/mol. The molecule has 92 valence electrons. The summed E-state index contributed by atoms with van der Waals surface area (Å²) in [5.41, 5.74) is 0.375. The molecular formula is C12H22N2O2. The Balaban J connectivity index is 1.80. The van der Waals surface area contributed by atoms with Gasteiger partial charge in [-0.15, -0.1) is 0 Å². The van der Waals surface area contributed by atoms with Crippen molar-refractivity contribution < 1.29 is 9.53 Å². The number of morpholine rings is 1. The van der Waals surface area contributed by atoms with Crippen molar-refractivity contribution in [3.05, 3.63) is 0 Å². The van der Waals surface area contributed by atoms with Gasteiger partial charge in [-0.3, -0.25) is 4.79 Å². The molecule has 2 fully saturated rings. The minimum Gasteiger partial charge on any atom is -0.378 e. The molecule has 0 bridgehead atoms. The fraction of sp³-hybridized carbons (Fsp3) is 0.917. The first-order chi connectivity index (χ1) is 7.50. The van der Waals surface area contributed by atoms with Crippen LogP contribution in [0.25, 0.3) is 0 Å². The predicted octanol–water partition coefficient (Wildman–Crippen LogP) is 0.622. The van der Waals surface area contributed by atoms with Crippen molar-refractivity contribution in [2.24, 2.45) is 5.41 Å². The highest BCUT2D eigenvalue weighted by Crippen LogP contribution is 2.44. The van der Waals surface area contributed by atoms with Gasteiger partial charge in [-0.05, 0) is 18.8 Å². The van der Waals surface area contributed by atoms with Crippen molar-refractivity contribution in [2.75, 3.05) is 26.3 Å². The smallest absolute Gasteiger partial charge is 0.239 e. The summed E-state index contributed by atoms with van der Waals surface area (Å²) in [7, 11) is 0. The fourth-order valence-corrected chi connectivity index (χ4v) is 2.18. The van der Waals surface area contributed by atoms with Crippen LogP contribution in [0.2, 0.25) is 0 Å². The molecule has 0 aromatic heterocycles. The van der Waals surface area contributed by atoms with Crippen LogP contribution in [-0.2, 0) is 9.53 Å². The molecule has 0 radical (unpaired) electrons. The summed E-state index contributed by atoms with van der Waals surface area (Å²) in [4.78, 5) is 14.0. The van der Waals surface area contributed by atoms with E-state index in [2.05, 4.69) is 19.2 Å². The third kappa shape index (κ3) is 2.55. The van der Waals surface area contributed by atoms with Crippen molar-refractivity contribution in [1.29, 1.82) is 0 Å². The zero-order valence-electron chi connectivity index (χ0n) is 10.5. The monoisotopic (exact) mass is 226 g/mol. The fourth-order valence-electron chi connectivity index (χ4n) is 2.18. The third-order valence-corrected chi connectivity index (χ3v) is 3.66. The topological polar surface area (TPSA) is 41.6 Å². The molecule has 1 amide bonds. The number of ether oxygens (including phenoxy) is 1. The molecule has 2 aliphatic rings. The molecule has 0 spiro atoms. The Morgan fingerprint density at radius 1 is 1.44 bits per heavy atom. The first kappa shape index (κ1) is 11.9. The van der Waals surface area contributed by atoms with Crippen LogP contribution in [0.15, 0.2) is 0 Å². The van der Waals surface area contributed by atoms with Gasteiger partial charge >= 0.3 is 0 Å². The molecule has 1 N–H and O–H groups in total. The van der Waals surface area contributed by atoms with Crippen LogP contribution in [0.3, 0.4) is 0 Å². The van der Waals surface area contributed by atoms with Gasteiger partial charge in [0.2, 0.25) is 5.91 Å². The molecular weight excluding hydrogens is 204 g/mol. The first-order valence-electron chi connectivity index (χ1n) is 6.13. The lowest BCUT2D eigenvalue weighted by Crippen LogP contribution is -2.50. The van der Waals surface area contributed by atoms with Crippen LogP contribution in [-0.4, -0.2) is 49.2 Å². The maximum atomic E-state index is 12.1. The molecule has 2 unspecified atom stereocenters. The molecule has 4 nitrogen and oxygen atoms in total. The van der Waals surface area contributed by atoms with Crippen LogP contribution in [0, 0.1) is 5.41 Å². The number of carbonyl (C=O) groups excluding carboxylic acids is 1. The lowest BCUT2D eigenvalue weighted by molar-refractivity contribution is -0.137. The van der Waals surface area contributed by atoms with Gasteiger partial charge < -0.3 is 15.0 Å². The summed E-state index contributed by atoms with van der Waals surface area (Å²) in [6.45, 7) is 9.25. The van der Waals surface area contributed by atoms with E-state index in [1.165, 1.54) is 6.42 Å². The van der Waals surface area contributed by atoms with Gasteiger partial charge in [0.25, 0.3) is 0 Å². The molecule has 4 heteroatoms. The molecule has 2 rings (SSSR count). The van der Waals surface area contributed by atoms with Gasteiger partial charge in [0.1, 0.15) is 0 Å². The number of rotatable bonds is 3. The Morgan fingerprint density at radius 2 is 2.00 bits per heavy atom. The molecule has 16 heavy (non-hydrogen) atoms. The van der Waals surface area contributed by atoms with E-state index in [-0.39, 0.29) is 11.9 Å². The minimum absolute atomic E-state index is 0.0649. The Kier molecular flexibility index (Phi) is 3.22. The van der Waals surface area contributed by atoms with E-state index >= 15 is 0 Å². The second-order valence-electron chi connectivity index (χ2n) is 5.57. The Labute approximate surface area is 97.3 Å². The Hall–Kier alpha value is -0.610. The highest BCUT2D eigenvalue weighted by atomic mass is 16.5. The van der Waals surface area contributed by atoms with Gasteiger partial charge in [-0.1, -0.05) is 13.8 Å². The van der Waals surface area contributed by atoms with Crippen molar-refractivity contribution in [3.63, 3.8) is 0 Å². The quantitative estimate of drug-likeness (QED) is 0.767.